The summed E-state index contributed by atoms with van der Waals surface area (Å²) in [7, 11) is 0. The molecular weight excluding hydrogens is 199 g/mol. The monoisotopic (exact) mass is 209 g/mol. The summed E-state index contributed by atoms with van der Waals surface area (Å²) in [6.45, 7) is 0. The normalized spacial score (nSPS) is 41.6. The molecule has 1 unspecified atom stereocenters. The van der Waals surface area contributed by atoms with Crippen molar-refractivity contribution in [2.75, 3.05) is 0 Å². The predicted molar refractivity (Wildman–Crippen MR) is 40.7 cm³/mol. The summed E-state index contributed by atoms with van der Waals surface area (Å²) in [4.78, 5) is 10.8. The maximum absolute atomic E-state index is 12.3. The van der Waals surface area contributed by atoms with E-state index >= 15 is 0 Å². The molecule has 3 nitrogen and oxygen atoms in total. The van der Waals surface area contributed by atoms with Crippen LogP contribution in [0.25, 0.3) is 0 Å². The summed E-state index contributed by atoms with van der Waals surface area (Å²) in [5.41, 5.74) is -1.30. The van der Waals surface area contributed by atoms with Gasteiger partial charge in [-0.25, -0.2) is 0 Å². The van der Waals surface area contributed by atoms with Gasteiger partial charge >= 0.3 is 12.1 Å². The molecule has 0 amide bonds. The van der Waals surface area contributed by atoms with Crippen LogP contribution in [0.15, 0.2) is 0 Å². The zero-order valence-corrected chi connectivity index (χ0v) is 7.27. The minimum Gasteiger partial charge on any atom is -0.480 e. The van der Waals surface area contributed by atoms with E-state index in [9.17, 15) is 18.0 Å². The second-order valence-corrected chi connectivity index (χ2v) is 4.11. The molecule has 14 heavy (non-hydrogen) atoms. The molecule has 3 aliphatic rings. The maximum Gasteiger partial charge on any atom is 0.391 e. The van der Waals surface area contributed by atoms with Crippen molar-refractivity contribution >= 4 is 5.97 Å². The number of nitrogens with one attached hydrogen (secondary N) is 1. The summed E-state index contributed by atoms with van der Waals surface area (Å²) in [5.74, 6) is -2.62. The Morgan fingerprint density at radius 3 is 2.43 bits per heavy atom. The predicted octanol–water partition coefficient (Wildman–Crippen LogP) is 1.14. The van der Waals surface area contributed by atoms with Crippen LogP contribution in [0.3, 0.4) is 0 Å². The summed E-state index contributed by atoms with van der Waals surface area (Å²) in [6.07, 6.45) is -4.25. The lowest BCUT2D eigenvalue weighted by atomic mass is 9.66. The van der Waals surface area contributed by atoms with E-state index in [4.69, 9.17) is 5.11 Å². The summed E-state index contributed by atoms with van der Waals surface area (Å²) in [5, 5.41) is 11.5. The number of rotatable bonds is 1. The Morgan fingerprint density at radius 1 is 1.43 bits per heavy atom. The van der Waals surface area contributed by atoms with Gasteiger partial charge < -0.3 is 5.11 Å². The van der Waals surface area contributed by atoms with Crippen LogP contribution in [-0.4, -0.2) is 28.8 Å². The fourth-order valence-electron chi connectivity index (χ4n) is 2.41. The summed E-state index contributed by atoms with van der Waals surface area (Å²) in [6, 6.07) is -0.272. The fourth-order valence-corrected chi connectivity index (χ4v) is 2.41. The van der Waals surface area contributed by atoms with Gasteiger partial charge in [-0.15, -0.1) is 0 Å². The number of carboxylic acids is 1. The zero-order valence-electron chi connectivity index (χ0n) is 7.27. The first-order valence-corrected chi connectivity index (χ1v) is 4.41. The number of halogens is 3. The molecule has 2 heterocycles. The van der Waals surface area contributed by atoms with E-state index < -0.39 is 23.6 Å². The molecule has 0 aromatic carbocycles. The Bertz CT molecular complexity index is 270. The van der Waals surface area contributed by atoms with Crippen molar-refractivity contribution in [2.24, 2.45) is 5.92 Å². The van der Waals surface area contributed by atoms with Crippen molar-refractivity contribution < 1.29 is 23.1 Å². The van der Waals surface area contributed by atoms with Crippen LogP contribution < -0.4 is 5.32 Å². The van der Waals surface area contributed by atoms with Gasteiger partial charge in [0.05, 0.1) is 5.92 Å². The molecule has 2 N–H and O–H groups in total. The number of carbonyl (C=O) groups is 1. The van der Waals surface area contributed by atoms with Crippen molar-refractivity contribution in [1.82, 2.24) is 5.32 Å². The van der Waals surface area contributed by atoms with Crippen LogP contribution in [-0.2, 0) is 4.79 Å². The van der Waals surface area contributed by atoms with E-state index in [0.29, 0.717) is 6.42 Å². The van der Waals surface area contributed by atoms with Crippen LogP contribution in [0.1, 0.15) is 19.3 Å². The average molecular weight is 209 g/mol. The number of hydrogen-bond acceptors (Lipinski definition) is 2. The van der Waals surface area contributed by atoms with Gasteiger partial charge in [0.25, 0.3) is 0 Å². The van der Waals surface area contributed by atoms with E-state index in [-0.39, 0.29) is 18.9 Å². The van der Waals surface area contributed by atoms with Gasteiger partial charge in [-0.1, -0.05) is 0 Å². The van der Waals surface area contributed by atoms with Crippen LogP contribution in [0.5, 0.6) is 0 Å². The highest BCUT2D eigenvalue weighted by atomic mass is 19.4. The number of alkyl halides is 3. The highest BCUT2D eigenvalue weighted by Crippen LogP contribution is 2.47. The molecule has 0 radical (unpaired) electrons. The second-order valence-electron chi connectivity index (χ2n) is 4.11. The molecular formula is C8H10F3NO2. The molecule has 3 atom stereocenters. The van der Waals surface area contributed by atoms with Gasteiger partial charge in [0, 0.05) is 6.04 Å². The lowest BCUT2D eigenvalue weighted by Gasteiger charge is -2.53. The largest absolute Gasteiger partial charge is 0.480 e. The minimum atomic E-state index is -4.26. The van der Waals surface area contributed by atoms with Crippen LogP contribution in [0.2, 0.25) is 0 Å². The summed E-state index contributed by atoms with van der Waals surface area (Å²) >= 11 is 0. The number of carboxylic acid groups (broad SMARTS) is 1. The van der Waals surface area contributed by atoms with E-state index in [2.05, 4.69) is 5.32 Å². The lowest BCUT2D eigenvalue weighted by Crippen LogP contribution is -2.72. The third-order valence-electron chi connectivity index (χ3n) is 3.11. The SMILES string of the molecule is O=C(O)C12C[C@@H](C[C@@H](C(F)(F)F)C1)N2. The van der Waals surface area contributed by atoms with Crippen molar-refractivity contribution in [2.45, 2.75) is 37.0 Å². The Kier molecular flexibility index (Phi) is 1.83. The molecule has 80 valence electrons. The standard InChI is InChI=1S/C8H10F3NO2/c9-8(10,11)4-1-5-3-7(2-4,12-5)6(13)14/h4-5,12H,1-3H2,(H,13,14)/t4-,5-,7?/m1/s1. The number of piperidine rings is 1. The first-order valence-electron chi connectivity index (χ1n) is 4.41. The van der Waals surface area contributed by atoms with Crippen LogP contribution in [0, 0.1) is 5.92 Å². The topological polar surface area (TPSA) is 49.3 Å². The molecule has 2 aliphatic heterocycles. The third-order valence-corrected chi connectivity index (χ3v) is 3.11. The molecule has 3 rings (SSSR count). The molecule has 0 spiro atoms. The van der Waals surface area contributed by atoms with Gasteiger partial charge in [0.2, 0.25) is 0 Å². The molecule has 1 aliphatic carbocycles. The minimum absolute atomic E-state index is 0.0124. The van der Waals surface area contributed by atoms with Crippen molar-refractivity contribution in [1.29, 1.82) is 0 Å². The quantitative estimate of drug-likeness (QED) is 0.681. The van der Waals surface area contributed by atoms with Gasteiger partial charge in [0.15, 0.2) is 0 Å². The Morgan fingerprint density at radius 2 is 2.00 bits per heavy atom. The number of aliphatic carboxylic acids is 1. The molecule has 1 saturated carbocycles. The average Bonchev–Trinajstić information content (AvgIpc) is 2.00. The molecule has 6 heteroatoms. The maximum atomic E-state index is 12.3. The van der Waals surface area contributed by atoms with Crippen molar-refractivity contribution in [3.8, 4) is 0 Å². The second kappa shape index (κ2) is 2.62. The van der Waals surface area contributed by atoms with E-state index in [1.54, 1.807) is 0 Å². The lowest BCUT2D eigenvalue weighted by molar-refractivity contribution is -0.207. The molecule has 3 fully saturated rings. The highest BCUT2D eigenvalue weighted by molar-refractivity contribution is 5.80. The van der Waals surface area contributed by atoms with Crippen molar-refractivity contribution in [3.63, 3.8) is 0 Å². The Hall–Kier alpha value is -0.780. The van der Waals surface area contributed by atoms with Crippen LogP contribution in [0.4, 0.5) is 13.2 Å². The highest BCUT2D eigenvalue weighted by Gasteiger charge is 2.60. The first-order chi connectivity index (χ1) is 6.33. The smallest absolute Gasteiger partial charge is 0.391 e. The third kappa shape index (κ3) is 1.28. The first kappa shape index (κ1) is 9.76. The van der Waals surface area contributed by atoms with E-state index in [1.807, 2.05) is 0 Å². The molecule has 0 aromatic rings. The van der Waals surface area contributed by atoms with Gasteiger partial charge in [0.1, 0.15) is 5.54 Å². The van der Waals surface area contributed by atoms with Gasteiger partial charge in [-0.05, 0) is 19.3 Å². The fraction of sp³-hybridized carbons (Fsp3) is 0.875. The number of hydrogen-bond donors (Lipinski definition) is 2. The van der Waals surface area contributed by atoms with E-state index in [1.165, 1.54) is 0 Å². The Balaban J connectivity index is 2.12. The Labute approximate surface area is 78.3 Å². The number of fused-ring (bicyclic) bond motifs is 2. The molecule has 2 saturated heterocycles. The van der Waals surface area contributed by atoms with E-state index in [0.717, 1.165) is 0 Å². The summed E-state index contributed by atoms with van der Waals surface area (Å²) < 4.78 is 37.0. The zero-order chi connectivity index (χ0) is 10.6. The van der Waals surface area contributed by atoms with Gasteiger partial charge in [-0.3, -0.25) is 10.1 Å². The van der Waals surface area contributed by atoms with Crippen LogP contribution >= 0.6 is 0 Å². The molecule has 2 bridgehead atoms. The van der Waals surface area contributed by atoms with Gasteiger partial charge in [-0.2, -0.15) is 13.2 Å². The molecule has 0 aromatic heterocycles. The van der Waals surface area contributed by atoms with Crippen molar-refractivity contribution in [3.05, 3.63) is 0 Å².